The number of likely N-dealkylation sites (N-methyl/N-ethyl adjacent to an activating group) is 1. The third kappa shape index (κ3) is 6.45. The highest BCUT2D eigenvalue weighted by atomic mass is 19.1. The SMILES string of the molecule is CN(C)CCNC(=O)c1cccc(CNC(=O)Nc2cc(-c3nnc4n3CCCCC4)ccc2F)c1. The van der Waals surface area contributed by atoms with Crippen molar-refractivity contribution in [3.8, 4) is 11.4 Å². The fourth-order valence-corrected chi connectivity index (χ4v) is 4.13. The summed E-state index contributed by atoms with van der Waals surface area (Å²) < 4.78 is 16.6. The number of urea groups is 1. The summed E-state index contributed by atoms with van der Waals surface area (Å²) in [4.78, 5) is 26.9. The van der Waals surface area contributed by atoms with Crippen LogP contribution in [0, 0.1) is 5.82 Å². The first-order chi connectivity index (χ1) is 17.4. The van der Waals surface area contributed by atoms with E-state index in [1.807, 2.05) is 25.1 Å². The maximum Gasteiger partial charge on any atom is 0.319 e. The lowest BCUT2D eigenvalue weighted by Crippen LogP contribution is -2.31. The normalized spacial score (nSPS) is 13.1. The molecule has 0 saturated heterocycles. The van der Waals surface area contributed by atoms with E-state index in [0.717, 1.165) is 50.2 Å². The monoisotopic (exact) mass is 493 g/mol. The molecule has 190 valence electrons. The van der Waals surface area contributed by atoms with Gasteiger partial charge in [-0.15, -0.1) is 10.2 Å². The van der Waals surface area contributed by atoms with Gasteiger partial charge in [0.05, 0.1) is 5.69 Å². The van der Waals surface area contributed by atoms with Gasteiger partial charge in [-0.2, -0.15) is 0 Å². The summed E-state index contributed by atoms with van der Waals surface area (Å²) >= 11 is 0. The summed E-state index contributed by atoms with van der Waals surface area (Å²) in [5.74, 6) is 0.901. The number of nitrogens with zero attached hydrogens (tertiary/aromatic N) is 4. The first-order valence-electron chi connectivity index (χ1n) is 12.2. The second-order valence-electron chi connectivity index (χ2n) is 9.16. The molecule has 4 rings (SSSR count). The van der Waals surface area contributed by atoms with Crippen LogP contribution in [0.4, 0.5) is 14.9 Å². The van der Waals surface area contributed by atoms with Gasteiger partial charge in [0.1, 0.15) is 11.6 Å². The minimum absolute atomic E-state index is 0.0602. The molecule has 3 N–H and O–H groups in total. The summed E-state index contributed by atoms with van der Waals surface area (Å²) in [6, 6.07) is 11.0. The second-order valence-corrected chi connectivity index (χ2v) is 9.16. The van der Waals surface area contributed by atoms with Gasteiger partial charge in [0.25, 0.3) is 5.91 Å². The van der Waals surface area contributed by atoms with Crippen LogP contribution in [-0.4, -0.2) is 58.8 Å². The molecule has 2 aromatic carbocycles. The van der Waals surface area contributed by atoms with Gasteiger partial charge >= 0.3 is 6.03 Å². The fraction of sp³-hybridized carbons (Fsp3) is 0.385. The lowest BCUT2D eigenvalue weighted by Gasteiger charge is -2.12. The first kappa shape index (κ1) is 25.3. The smallest absolute Gasteiger partial charge is 0.319 e. The maximum atomic E-state index is 14.5. The maximum absolute atomic E-state index is 14.5. The van der Waals surface area contributed by atoms with E-state index in [9.17, 15) is 14.0 Å². The Kier molecular flexibility index (Phi) is 8.27. The Morgan fingerprint density at radius 3 is 2.75 bits per heavy atom. The van der Waals surface area contributed by atoms with Crippen molar-refractivity contribution in [2.45, 2.75) is 38.8 Å². The lowest BCUT2D eigenvalue weighted by molar-refractivity contribution is 0.0951. The van der Waals surface area contributed by atoms with Crippen molar-refractivity contribution in [3.05, 3.63) is 65.2 Å². The number of halogens is 1. The zero-order valence-corrected chi connectivity index (χ0v) is 20.7. The molecule has 0 atom stereocenters. The molecule has 0 radical (unpaired) electrons. The summed E-state index contributed by atoms with van der Waals surface area (Å²) in [5.41, 5.74) is 2.02. The van der Waals surface area contributed by atoms with Gasteiger partial charge in [0.15, 0.2) is 5.82 Å². The third-order valence-corrected chi connectivity index (χ3v) is 6.07. The van der Waals surface area contributed by atoms with E-state index in [2.05, 4.69) is 30.7 Å². The number of hydrogen-bond acceptors (Lipinski definition) is 5. The van der Waals surface area contributed by atoms with E-state index in [0.29, 0.717) is 23.5 Å². The van der Waals surface area contributed by atoms with Crippen LogP contribution in [0.3, 0.4) is 0 Å². The first-order valence-corrected chi connectivity index (χ1v) is 12.2. The van der Waals surface area contributed by atoms with E-state index in [4.69, 9.17) is 0 Å². The van der Waals surface area contributed by atoms with Crippen LogP contribution in [0.2, 0.25) is 0 Å². The average molecular weight is 494 g/mol. The van der Waals surface area contributed by atoms with Crippen molar-refractivity contribution >= 4 is 17.6 Å². The molecule has 0 spiro atoms. The molecule has 1 aliphatic heterocycles. The van der Waals surface area contributed by atoms with Crippen LogP contribution in [0.15, 0.2) is 42.5 Å². The lowest BCUT2D eigenvalue weighted by atomic mass is 10.1. The predicted molar refractivity (Wildman–Crippen MR) is 136 cm³/mol. The van der Waals surface area contributed by atoms with Crippen LogP contribution >= 0.6 is 0 Å². The van der Waals surface area contributed by atoms with Crippen molar-refractivity contribution in [2.24, 2.45) is 0 Å². The van der Waals surface area contributed by atoms with Crippen molar-refractivity contribution in [1.29, 1.82) is 0 Å². The standard InChI is InChI=1S/C26H32FN7O2/c1-33(2)14-12-28-25(35)20-8-6-7-18(15-20)17-29-26(36)30-22-16-19(10-11-21(22)27)24-32-31-23-9-4-3-5-13-34(23)24/h6-8,10-11,15-16H,3-5,9,12-14,17H2,1-2H3,(H,28,35)(H2,29,30,36). The minimum atomic E-state index is -0.549. The number of carbonyl (C=O) groups excluding carboxylic acids is 2. The molecule has 1 aromatic heterocycles. The molecule has 36 heavy (non-hydrogen) atoms. The molecule has 2 heterocycles. The molecule has 0 fully saturated rings. The zero-order valence-electron chi connectivity index (χ0n) is 20.7. The van der Waals surface area contributed by atoms with Gasteiger partial charge in [0.2, 0.25) is 0 Å². The number of fused-ring (bicyclic) bond motifs is 1. The number of amides is 3. The van der Waals surface area contributed by atoms with E-state index >= 15 is 0 Å². The van der Waals surface area contributed by atoms with Gasteiger partial charge in [-0.05, 0) is 62.8 Å². The molecule has 0 unspecified atom stereocenters. The molecular weight excluding hydrogens is 461 g/mol. The van der Waals surface area contributed by atoms with Gasteiger partial charge in [-0.25, -0.2) is 9.18 Å². The Bertz CT molecular complexity index is 1220. The number of aromatic nitrogens is 3. The van der Waals surface area contributed by atoms with Gasteiger partial charge in [-0.1, -0.05) is 18.6 Å². The Morgan fingerprint density at radius 2 is 1.92 bits per heavy atom. The number of anilines is 1. The van der Waals surface area contributed by atoms with Crippen molar-refractivity contribution < 1.29 is 14.0 Å². The van der Waals surface area contributed by atoms with Crippen molar-refractivity contribution in [2.75, 3.05) is 32.5 Å². The summed E-state index contributed by atoms with van der Waals surface area (Å²) in [6.07, 6.45) is 4.15. The Hall–Kier alpha value is -3.79. The molecule has 0 saturated carbocycles. The van der Waals surface area contributed by atoms with Crippen molar-refractivity contribution in [1.82, 2.24) is 30.3 Å². The fourth-order valence-electron chi connectivity index (χ4n) is 4.13. The van der Waals surface area contributed by atoms with Gasteiger partial charge in [0, 0.05) is 43.7 Å². The van der Waals surface area contributed by atoms with Crippen LogP contribution in [0.25, 0.3) is 11.4 Å². The Balaban J connectivity index is 1.37. The highest BCUT2D eigenvalue weighted by Gasteiger charge is 2.18. The van der Waals surface area contributed by atoms with E-state index in [-0.39, 0.29) is 18.1 Å². The quantitative estimate of drug-likeness (QED) is 0.446. The summed E-state index contributed by atoms with van der Waals surface area (Å²) in [7, 11) is 3.88. The zero-order chi connectivity index (χ0) is 25.5. The van der Waals surface area contributed by atoms with E-state index in [1.54, 1.807) is 30.3 Å². The highest BCUT2D eigenvalue weighted by Crippen LogP contribution is 2.26. The predicted octanol–water partition coefficient (Wildman–Crippen LogP) is 3.42. The molecule has 0 aliphatic carbocycles. The molecular formula is C26H32FN7O2. The molecule has 1 aliphatic rings. The number of aryl methyl sites for hydroxylation is 1. The average Bonchev–Trinajstić information content (AvgIpc) is 3.12. The number of nitrogens with one attached hydrogen (secondary N) is 3. The van der Waals surface area contributed by atoms with Crippen molar-refractivity contribution in [3.63, 3.8) is 0 Å². The highest BCUT2D eigenvalue weighted by molar-refractivity contribution is 5.94. The Morgan fingerprint density at radius 1 is 1.06 bits per heavy atom. The van der Waals surface area contributed by atoms with Gasteiger partial charge < -0.3 is 25.4 Å². The minimum Gasteiger partial charge on any atom is -0.351 e. The van der Waals surface area contributed by atoms with Gasteiger partial charge in [-0.3, -0.25) is 4.79 Å². The van der Waals surface area contributed by atoms with E-state index < -0.39 is 11.8 Å². The van der Waals surface area contributed by atoms with Crippen LogP contribution in [-0.2, 0) is 19.5 Å². The number of rotatable bonds is 8. The second kappa shape index (κ2) is 11.8. The molecule has 3 amide bonds. The molecule has 10 heteroatoms. The topological polar surface area (TPSA) is 104 Å². The van der Waals surface area contributed by atoms with Crippen LogP contribution in [0.1, 0.15) is 41.0 Å². The third-order valence-electron chi connectivity index (χ3n) is 6.07. The van der Waals surface area contributed by atoms with E-state index in [1.165, 1.54) is 6.07 Å². The van der Waals surface area contributed by atoms with Crippen LogP contribution < -0.4 is 16.0 Å². The summed E-state index contributed by atoms with van der Waals surface area (Å²) in [5, 5.41) is 16.8. The molecule has 3 aromatic rings. The Labute approximate surface area is 210 Å². The van der Waals surface area contributed by atoms with Crippen LogP contribution in [0.5, 0.6) is 0 Å². The summed E-state index contributed by atoms with van der Waals surface area (Å²) in [6.45, 7) is 2.29. The number of benzene rings is 2. The molecule has 0 bridgehead atoms. The number of carbonyl (C=O) groups is 2. The largest absolute Gasteiger partial charge is 0.351 e. The number of hydrogen-bond donors (Lipinski definition) is 3. The molecule has 9 nitrogen and oxygen atoms in total.